The summed E-state index contributed by atoms with van der Waals surface area (Å²) in [7, 11) is 1.52. The van der Waals surface area contributed by atoms with Crippen LogP contribution in [0.5, 0.6) is 5.75 Å². The number of nitrogens with one attached hydrogen (secondary N) is 3. The van der Waals surface area contributed by atoms with E-state index in [0.29, 0.717) is 17.1 Å². The highest BCUT2D eigenvalue weighted by molar-refractivity contribution is 7.80. The second-order valence-electron chi connectivity index (χ2n) is 6.34. The zero-order valence-electron chi connectivity index (χ0n) is 15.6. The van der Waals surface area contributed by atoms with Crippen molar-refractivity contribution in [3.63, 3.8) is 0 Å². The topological polar surface area (TPSA) is 62.4 Å². The molecule has 152 valence electrons. The first-order valence-electron chi connectivity index (χ1n) is 8.60. The van der Waals surface area contributed by atoms with E-state index in [0.717, 1.165) is 6.07 Å². The number of thiocarbonyl (C=S) groups is 1. The number of allylic oxidation sites excluding steroid dienone is 1. The van der Waals surface area contributed by atoms with Gasteiger partial charge in [-0.3, -0.25) is 4.79 Å². The standard InChI is InChI=1S/C20H18F3N3O2S/c1-11-16(18(27)25-12-7-9-13(28-2)10-8-12)17(26-19(29)24-11)14-5-3-4-6-15(14)20(21,22)23/h3-10,17H,1-2H3,(H,25,27)(H2,24,26,29). The lowest BCUT2D eigenvalue weighted by Crippen LogP contribution is -2.46. The number of alkyl halides is 3. The summed E-state index contributed by atoms with van der Waals surface area (Å²) < 4.78 is 45.7. The van der Waals surface area contributed by atoms with Crippen molar-refractivity contribution in [1.82, 2.24) is 10.6 Å². The maximum absolute atomic E-state index is 13.5. The van der Waals surface area contributed by atoms with Crippen LogP contribution in [-0.4, -0.2) is 18.1 Å². The molecule has 9 heteroatoms. The van der Waals surface area contributed by atoms with Gasteiger partial charge in [-0.2, -0.15) is 13.2 Å². The van der Waals surface area contributed by atoms with Gasteiger partial charge in [-0.05, 0) is 55.0 Å². The third-order valence-electron chi connectivity index (χ3n) is 4.44. The minimum absolute atomic E-state index is 0.0805. The van der Waals surface area contributed by atoms with E-state index in [4.69, 9.17) is 17.0 Å². The molecule has 1 aliphatic heterocycles. The van der Waals surface area contributed by atoms with Gasteiger partial charge < -0.3 is 20.7 Å². The fraction of sp³-hybridized carbons (Fsp3) is 0.200. The molecule has 1 atom stereocenters. The van der Waals surface area contributed by atoms with E-state index in [1.165, 1.54) is 25.3 Å². The van der Waals surface area contributed by atoms with Gasteiger partial charge in [0.1, 0.15) is 5.75 Å². The second-order valence-corrected chi connectivity index (χ2v) is 6.75. The monoisotopic (exact) mass is 421 g/mol. The quantitative estimate of drug-likeness (QED) is 0.648. The summed E-state index contributed by atoms with van der Waals surface area (Å²) >= 11 is 5.11. The van der Waals surface area contributed by atoms with Crippen LogP contribution in [0.1, 0.15) is 24.1 Å². The van der Waals surface area contributed by atoms with Gasteiger partial charge in [0.05, 0.1) is 24.3 Å². The molecule has 0 saturated heterocycles. The first-order valence-corrected chi connectivity index (χ1v) is 9.01. The number of benzene rings is 2. The van der Waals surface area contributed by atoms with E-state index in [2.05, 4.69) is 16.0 Å². The van der Waals surface area contributed by atoms with Crippen molar-refractivity contribution in [3.8, 4) is 5.75 Å². The molecule has 1 aliphatic rings. The van der Waals surface area contributed by atoms with Crippen LogP contribution in [0.2, 0.25) is 0 Å². The minimum Gasteiger partial charge on any atom is -0.497 e. The van der Waals surface area contributed by atoms with Gasteiger partial charge in [0.15, 0.2) is 5.11 Å². The van der Waals surface area contributed by atoms with Crippen molar-refractivity contribution in [3.05, 3.63) is 70.9 Å². The lowest BCUT2D eigenvalue weighted by atomic mass is 9.91. The Morgan fingerprint density at radius 2 is 1.79 bits per heavy atom. The Kier molecular flexibility index (Phi) is 5.78. The van der Waals surface area contributed by atoms with Crippen LogP contribution in [0.15, 0.2) is 59.8 Å². The van der Waals surface area contributed by atoms with E-state index in [1.54, 1.807) is 31.2 Å². The van der Waals surface area contributed by atoms with Crippen molar-refractivity contribution in [2.75, 3.05) is 12.4 Å². The number of hydrogen-bond donors (Lipinski definition) is 3. The van der Waals surface area contributed by atoms with E-state index in [1.807, 2.05) is 0 Å². The largest absolute Gasteiger partial charge is 0.497 e. The number of methoxy groups -OCH3 is 1. The number of ether oxygens (including phenoxy) is 1. The predicted octanol–water partition coefficient (Wildman–Crippen LogP) is 4.15. The fourth-order valence-electron chi connectivity index (χ4n) is 3.11. The van der Waals surface area contributed by atoms with Crippen molar-refractivity contribution < 1.29 is 22.7 Å². The number of halogens is 3. The molecule has 2 aromatic rings. The molecule has 0 bridgehead atoms. The van der Waals surface area contributed by atoms with Crippen molar-refractivity contribution in [2.24, 2.45) is 0 Å². The molecule has 29 heavy (non-hydrogen) atoms. The Balaban J connectivity index is 1.99. The summed E-state index contributed by atoms with van der Waals surface area (Å²) in [6.07, 6.45) is -4.57. The third-order valence-corrected chi connectivity index (χ3v) is 4.66. The maximum Gasteiger partial charge on any atom is 0.416 e. The molecule has 3 rings (SSSR count). The average molecular weight is 421 g/mol. The normalized spacial score (nSPS) is 16.7. The Labute approximate surface area is 170 Å². The van der Waals surface area contributed by atoms with E-state index >= 15 is 0 Å². The molecule has 2 aromatic carbocycles. The molecule has 1 amide bonds. The van der Waals surface area contributed by atoms with Crippen LogP contribution in [0, 0.1) is 0 Å². The van der Waals surface area contributed by atoms with Crippen LogP contribution in [0.3, 0.4) is 0 Å². The van der Waals surface area contributed by atoms with E-state index in [-0.39, 0.29) is 16.2 Å². The summed E-state index contributed by atoms with van der Waals surface area (Å²) in [5.41, 5.74) is 0.0628. The Morgan fingerprint density at radius 3 is 2.41 bits per heavy atom. The first kappa shape index (κ1) is 20.7. The zero-order valence-corrected chi connectivity index (χ0v) is 16.4. The number of hydrogen-bond acceptors (Lipinski definition) is 3. The molecule has 0 aliphatic carbocycles. The Morgan fingerprint density at radius 1 is 1.14 bits per heavy atom. The van der Waals surface area contributed by atoms with E-state index in [9.17, 15) is 18.0 Å². The molecule has 0 saturated carbocycles. The highest BCUT2D eigenvalue weighted by atomic mass is 32.1. The molecule has 1 unspecified atom stereocenters. The summed E-state index contributed by atoms with van der Waals surface area (Å²) in [4.78, 5) is 13.0. The number of carbonyl (C=O) groups is 1. The number of anilines is 1. The van der Waals surface area contributed by atoms with Gasteiger partial charge in [0, 0.05) is 11.4 Å². The van der Waals surface area contributed by atoms with Crippen molar-refractivity contribution in [1.29, 1.82) is 0 Å². The first-order chi connectivity index (χ1) is 13.7. The average Bonchev–Trinajstić information content (AvgIpc) is 2.67. The minimum atomic E-state index is -4.57. The van der Waals surface area contributed by atoms with Crippen molar-refractivity contribution in [2.45, 2.75) is 19.1 Å². The lowest BCUT2D eigenvalue weighted by molar-refractivity contribution is -0.138. The van der Waals surface area contributed by atoms with Crippen LogP contribution in [-0.2, 0) is 11.0 Å². The van der Waals surface area contributed by atoms with Gasteiger partial charge >= 0.3 is 6.18 Å². The molecule has 1 heterocycles. The van der Waals surface area contributed by atoms with E-state index < -0.39 is 23.7 Å². The molecule has 5 nitrogen and oxygen atoms in total. The summed E-state index contributed by atoms with van der Waals surface area (Å²) in [6, 6.07) is 10.7. The van der Waals surface area contributed by atoms with Gasteiger partial charge in [-0.15, -0.1) is 0 Å². The third kappa shape index (κ3) is 4.51. The highest BCUT2D eigenvalue weighted by Crippen LogP contribution is 2.38. The lowest BCUT2D eigenvalue weighted by Gasteiger charge is -2.31. The molecule has 3 N–H and O–H groups in total. The SMILES string of the molecule is COc1ccc(NC(=O)C2=C(C)NC(=S)NC2c2ccccc2C(F)(F)F)cc1. The van der Waals surface area contributed by atoms with Crippen LogP contribution in [0.25, 0.3) is 0 Å². The molecule has 0 spiro atoms. The Hall–Kier alpha value is -3.07. The summed E-state index contributed by atoms with van der Waals surface area (Å²) in [5.74, 6) is 0.0684. The van der Waals surface area contributed by atoms with Crippen molar-refractivity contribution >= 4 is 28.9 Å². The number of amides is 1. The predicted molar refractivity (Wildman–Crippen MR) is 107 cm³/mol. The van der Waals surface area contributed by atoms with Gasteiger partial charge in [0.25, 0.3) is 5.91 Å². The zero-order chi connectivity index (χ0) is 21.2. The molecular formula is C20H18F3N3O2S. The van der Waals surface area contributed by atoms with Gasteiger partial charge in [-0.25, -0.2) is 0 Å². The fourth-order valence-corrected chi connectivity index (χ4v) is 3.38. The van der Waals surface area contributed by atoms with Crippen LogP contribution < -0.4 is 20.7 Å². The molecule has 0 fully saturated rings. The summed E-state index contributed by atoms with van der Waals surface area (Å²) in [6.45, 7) is 1.60. The molecule has 0 radical (unpaired) electrons. The van der Waals surface area contributed by atoms with Crippen LogP contribution >= 0.6 is 12.2 Å². The van der Waals surface area contributed by atoms with Gasteiger partial charge in [-0.1, -0.05) is 18.2 Å². The molecular weight excluding hydrogens is 403 g/mol. The smallest absolute Gasteiger partial charge is 0.416 e. The van der Waals surface area contributed by atoms with Crippen LogP contribution in [0.4, 0.5) is 18.9 Å². The molecule has 0 aromatic heterocycles. The number of carbonyl (C=O) groups excluding carboxylic acids is 1. The highest BCUT2D eigenvalue weighted by Gasteiger charge is 2.38. The number of rotatable bonds is 4. The second kappa shape index (κ2) is 8.12. The Bertz CT molecular complexity index is 972. The summed E-state index contributed by atoms with van der Waals surface area (Å²) in [5, 5.41) is 8.46. The van der Waals surface area contributed by atoms with Gasteiger partial charge in [0.2, 0.25) is 0 Å². The maximum atomic E-state index is 13.5.